The van der Waals surface area contributed by atoms with Crippen LogP contribution in [0, 0.1) is 17.8 Å². The first-order chi connectivity index (χ1) is 7.34. The molecule has 3 aliphatic rings. The van der Waals surface area contributed by atoms with E-state index in [1.807, 2.05) is 0 Å². The van der Waals surface area contributed by atoms with E-state index >= 15 is 0 Å². The van der Waals surface area contributed by atoms with Gasteiger partial charge in [-0.05, 0) is 44.2 Å². The van der Waals surface area contributed by atoms with Gasteiger partial charge in [0.2, 0.25) is 5.91 Å². The number of fused-ring (bicyclic) bond motifs is 1. The van der Waals surface area contributed by atoms with Gasteiger partial charge in [-0.2, -0.15) is 0 Å². The SMILES string of the molecule is O=C(C1CCC1)N1CCC2CNCC2C1. The first kappa shape index (κ1) is 9.64. The highest BCUT2D eigenvalue weighted by molar-refractivity contribution is 5.79. The van der Waals surface area contributed by atoms with Gasteiger partial charge in [-0.25, -0.2) is 0 Å². The van der Waals surface area contributed by atoms with Gasteiger partial charge in [0.15, 0.2) is 0 Å². The van der Waals surface area contributed by atoms with E-state index in [-0.39, 0.29) is 0 Å². The number of nitrogens with zero attached hydrogens (tertiary/aromatic N) is 1. The molecule has 1 saturated carbocycles. The molecule has 2 atom stereocenters. The van der Waals surface area contributed by atoms with E-state index in [4.69, 9.17) is 0 Å². The molecule has 1 N–H and O–H groups in total. The number of carbonyl (C=O) groups excluding carboxylic acids is 1. The molecule has 0 aromatic carbocycles. The number of hydrogen-bond acceptors (Lipinski definition) is 2. The van der Waals surface area contributed by atoms with Crippen molar-refractivity contribution < 1.29 is 4.79 Å². The smallest absolute Gasteiger partial charge is 0.225 e. The van der Waals surface area contributed by atoms with Crippen molar-refractivity contribution in [1.82, 2.24) is 10.2 Å². The highest BCUT2D eigenvalue weighted by Gasteiger charge is 2.37. The van der Waals surface area contributed by atoms with Crippen molar-refractivity contribution in [3.8, 4) is 0 Å². The minimum absolute atomic E-state index is 0.385. The third-order valence-electron chi connectivity index (χ3n) is 4.47. The predicted molar refractivity (Wildman–Crippen MR) is 58.4 cm³/mol. The molecule has 84 valence electrons. The number of likely N-dealkylation sites (tertiary alicyclic amines) is 1. The standard InChI is InChI=1S/C12H20N2O/c15-12(9-2-1-3-9)14-5-4-10-6-13-7-11(10)8-14/h9-11,13H,1-8H2. The third-order valence-corrected chi connectivity index (χ3v) is 4.47. The van der Waals surface area contributed by atoms with E-state index in [2.05, 4.69) is 10.2 Å². The Balaban J connectivity index is 1.60. The third kappa shape index (κ3) is 1.67. The number of hydrogen-bond donors (Lipinski definition) is 1. The summed E-state index contributed by atoms with van der Waals surface area (Å²) in [5, 5.41) is 3.44. The molecule has 0 spiro atoms. The van der Waals surface area contributed by atoms with Crippen molar-refractivity contribution in [2.24, 2.45) is 17.8 Å². The Morgan fingerprint density at radius 2 is 1.93 bits per heavy atom. The Morgan fingerprint density at radius 1 is 1.13 bits per heavy atom. The Kier molecular flexibility index (Phi) is 2.43. The zero-order valence-electron chi connectivity index (χ0n) is 9.24. The van der Waals surface area contributed by atoms with Crippen LogP contribution >= 0.6 is 0 Å². The second-order valence-corrected chi connectivity index (χ2v) is 5.38. The maximum Gasteiger partial charge on any atom is 0.225 e. The van der Waals surface area contributed by atoms with E-state index in [9.17, 15) is 4.79 Å². The first-order valence-electron chi connectivity index (χ1n) is 6.34. The quantitative estimate of drug-likeness (QED) is 0.693. The number of carbonyl (C=O) groups is 1. The second kappa shape index (κ2) is 3.78. The van der Waals surface area contributed by atoms with Crippen LogP contribution in [0.1, 0.15) is 25.7 Å². The monoisotopic (exact) mass is 208 g/mol. The minimum atomic E-state index is 0.385. The molecule has 2 heterocycles. The fourth-order valence-electron chi connectivity index (χ4n) is 3.15. The zero-order chi connectivity index (χ0) is 10.3. The summed E-state index contributed by atoms with van der Waals surface area (Å²) in [6.45, 7) is 4.33. The van der Waals surface area contributed by atoms with Crippen LogP contribution in [0.4, 0.5) is 0 Å². The lowest BCUT2D eigenvalue weighted by Gasteiger charge is -2.38. The fraction of sp³-hybridized carbons (Fsp3) is 0.917. The van der Waals surface area contributed by atoms with Gasteiger partial charge < -0.3 is 10.2 Å². The molecular formula is C12H20N2O. The Morgan fingerprint density at radius 3 is 2.67 bits per heavy atom. The summed E-state index contributed by atoms with van der Waals surface area (Å²) in [5.74, 6) is 2.42. The molecule has 3 rings (SSSR count). The lowest BCUT2D eigenvalue weighted by Crippen LogP contribution is -2.47. The number of piperidine rings is 1. The summed E-state index contributed by atoms with van der Waals surface area (Å²) in [7, 11) is 0. The molecule has 3 fully saturated rings. The molecule has 0 radical (unpaired) electrons. The van der Waals surface area contributed by atoms with Crippen LogP contribution < -0.4 is 5.32 Å². The maximum absolute atomic E-state index is 12.1. The number of nitrogens with one attached hydrogen (secondary N) is 1. The van der Waals surface area contributed by atoms with Crippen molar-refractivity contribution in [2.75, 3.05) is 26.2 Å². The van der Waals surface area contributed by atoms with Crippen LogP contribution in [0.15, 0.2) is 0 Å². The van der Waals surface area contributed by atoms with Crippen LogP contribution in [0.2, 0.25) is 0 Å². The van der Waals surface area contributed by atoms with E-state index < -0.39 is 0 Å². The van der Waals surface area contributed by atoms with E-state index in [0.717, 1.165) is 44.3 Å². The molecule has 3 nitrogen and oxygen atoms in total. The molecule has 2 unspecified atom stereocenters. The van der Waals surface area contributed by atoms with Gasteiger partial charge in [0.1, 0.15) is 0 Å². The normalized spacial score (nSPS) is 36.1. The largest absolute Gasteiger partial charge is 0.342 e. The Hall–Kier alpha value is -0.570. The summed E-state index contributed by atoms with van der Waals surface area (Å²) >= 11 is 0. The van der Waals surface area contributed by atoms with Crippen molar-refractivity contribution in [1.29, 1.82) is 0 Å². The number of amides is 1. The molecule has 0 bridgehead atoms. The molecule has 3 heteroatoms. The summed E-state index contributed by atoms with van der Waals surface area (Å²) in [5.41, 5.74) is 0. The molecular weight excluding hydrogens is 188 g/mol. The first-order valence-corrected chi connectivity index (χ1v) is 6.34. The lowest BCUT2D eigenvalue weighted by atomic mass is 9.82. The molecule has 1 amide bonds. The highest BCUT2D eigenvalue weighted by atomic mass is 16.2. The van der Waals surface area contributed by atoms with Gasteiger partial charge in [0, 0.05) is 19.0 Å². The van der Waals surface area contributed by atoms with Gasteiger partial charge in [-0.15, -0.1) is 0 Å². The summed E-state index contributed by atoms with van der Waals surface area (Å²) in [6, 6.07) is 0. The maximum atomic E-state index is 12.1. The molecule has 15 heavy (non-hydrogen) atoms. The molecule has 0 aromatic rings. The highest BCUT2D eigenvalue weighted by Crippen LogP contribution is 2.32. The van der Waals surface area contributed by atoms with Crippen molar-refractivity contribution >= 4 is 5.91 Å². The average Bonchev–Trinajstić information content (AvgIpc) is 2.61. The number of rotatable bonds is 1. The fourth-order valence-corrected chi connectivity index (χ4v) is 3.15. The summed E-state index contributed by atoms with van der Waals surface area (Å²) in [4.78, 5) is 14.2. The Labute approximate surface area is 91.2 Å². The van der Waals surface area contributed by atoms with Gasteiger partial charge in [0.05, 0.1) is 0 Å². The predicted octanol–water partition coefficient (Wildman–Crippen LogP) is 0.854. The van der Waals surface area contributed by atoms with Gasteiger partial charge in [-0.3, -0.25) is 4.79 Å². The second-order valence-electron chi connectivity index (χ2n) is 5.38. The zero-order valence-corrected chi connectivity index (χ0v) is 9.24. The molecule has 2 aliphatic heterocycles. The topological polar surface area (TPSA) is 32.3 Å². The average molecular weight is 208 g/mol. The van der Waals surface area contributed by atoms with Gasteiger partial charge >= 0.3 is 0 Å². The van der Waals surface area contributed by atoms with Crippen LogP contribution in [0.3, 0.4) is 0 Å². The molecule has 1 aliphatic carbocycles. The minimum Gasteiger partial charge on any atom is -0.342 e. The lowest BCUT2D eigenvalue weighted by molar-refractivity contribution is -0.140. The van der Waals surface area contributed by atoms with Crippen LogP contribution in [0.25, 0.3) is 0 Å². The molecule has 2 saturated heterocycles. The summed E-state index contributed by atoms with van der Waals surface area (Å²) in [6.07, 6.45) is 4.76. The van der Waals surface area contributed by atoms with E-state index in [1.54, 1.807) is 0 Å². The van der Waals surface area contributed by atoms with Crippen molar-refractivity contribution in [3.63, 3.8) is 0 Å². The summed E-state index contributed by atoms with van der Waals surface area (Å²) < 4.78 is 0. The van der Waals surface area contributed by atoms with Gasteiger partial charge in [-0.1, -0.05) is 6.42 Å². The van der Waals surface area contributed by atoms with Crippen molar-refractivity contribution in [2.45, 2.75) is 25.7 Å². The Bertz CT molecular complexity index is 262. The van der Waals surface area contributed by atoms with E-state index in [0.29, 0.717) is 11.8 Å². The molecule has 0 aromatic heterocycles. The van der Waals surface area contributed by atoms with E-state index in [1.165, 1.54) is 19.4 Å². The van der Waals surface area contributed by atoms with Crippen LogP contribution in [-0.2, 0) is 4.79 Å². The van der Waals surface area contributed by atoms with Gasteiger partial charge in [0.25, 0.3) is 0 Å². The van der Waals surface area contributed by atoms with Crippen molar-refractivity contribution in [3.05, 3.63) is 0 Å². The van der Waals surface area contributed by atoms with Crippen LogP contribution in [-0.4, -0.2) is 37.0 Å². The van der Waals surface area contributed by atoms with Crippen LogP contribution in [0.5, 0.6) is 0 Å².